The van der Waals surface area contributed by atoms with Crippen LogP contribution in [0, 0.1) is 0 Å². The molecule has 2 aromatic heterocycles. The number of para-hydroxylation sites is 1. The first kappa shape index (κ1) is 14.4. The molecule has 0 unspecified atom stereocenters. The van der Waals surface area contributed by atoms with Crippen molar-refractivity contribution in [3.63, 3.8) is 0 Å². The SMILES string of the molecule is S=C(Oc1nc(-c2nc3ccccc3s2)cs1)c1ccccc1. The monoisotopic (exact) mass is 354 g/mol. The van der Waals surface area contributed by atoms with Gasteiger partial charge in [0.05, 0.1) is 10.2 Å². The zero-order valence-corrected chi connectivity index (χ0v) is 14.3. The summed E-state index contributed by atoms with van der Waals surface area (Å²) < 4.78 is 6.84. The number of nitrogens with zero attached hydrogens (tertiary/aromatic N) is 2. The summed E-state index contributed by atoms with van der Waals surface area (Å²) in [5, 5.41) is 3.80. The topological polar surface area (TPSA) is 35.0 Å². The number of thiocarbonyl (C=S) groups is 1. The van der Waals surface area contributed by atoms with Crippen LogP contribution in [0.4, 0.5) is 0 Å². The molecule has 0 N–H and O–H groups in total. The predicted octanol–water partition coefficient (Wildman–Crippen LogP) is 5.17. The van der Waals surface area contributed by atoms with Gasteiger partial charge in [-0.05, 0) is 24.4 Å². The summed E-state index contributed by atoms with van der Waals surface area (Å²) in [5.74, 6) is 0. The van der Waals surface area contributed by atoms with Crippen molar-refractivity contribution in [3.05, 3.63) is 65.5 Å². The number of aromatic nitrogens is 2. The number of benzene rings is 2. The second kappa shape index (κ2) is 6.16. The molecule has 0 atom stereocenters. The van der Waals surface area contributed by atoms with Crippen LogP contribution >= 0.6 is 34.9 Å². The maximum atomic E-state index is 5.69. The molecule has 3 nitrogen and oxygen atoms in total. The van der Waals surface area contributed by atoms with Crippen molar-refractivity contribution >= 4 is 50.2 Å². The van der Waals surface area contributed by atoms with Gasteiger partial charge < -0.3 is 4.74 Å². The molecule has 0 saturated carbocycles. The molecule has 112 valence electrons. The highest BCUT2D eigenvalue weighted by atomic mass is 32.1. The molecule has 0 fully saturated rings. The average molecular weight is 354 g/mol. The van der Waals surface area contributed by atoms with Crippen LogP contribution in [0.5, 0.6) is 5.19 Å². The fourth-order valence-corrected chi connectivity index (χ4v) is 4.02. The lowest BCUT2D eigenvalue weighted by Crippen LogP contribution is -2.06. The van der Waals surface area contributed by atoms with Gasteiger partial charge in [0, 0.05) is 10.9 Å². The molecular formula is C17H10N2OS3. The highest BCUT2D eigenvalue weighted by molar-refractivity contribution is 7.80. The maximum absolute atomic E-state index is 5.69. The first-order chi connectivity index (χ1) is 11.3. The minimum absolute atomic E-state index is 0.427. The summed E-state index contributed by atoms with van der Waals surface area (Å²) in [5.41, 5.74) is 2.68. The Balaban J connectivity index is 1.58. The normalized spacial score (nSPS) is 10.8. The smallest absolute Gasteiger partial charge is 0.280 e. The van der Waals surface area contributed by atoms with Gasteiger partial charge in [0.1, 0.15) is 10.7 Å². The van der Waals surface area contributed by atoms with Gasteiger partial charge in [-0.3, -0.25) is 0 Å². The Morgan fingerprint density at radius 3 is 2.57 bits per heavy atom. The number of fused-ring (bicyclic) bond motifs is 1. The Morgan fingerprint density at radius 2 is 1.74 bits per heavy atom. The summed E-state index contributed by atoms with van der Waals surface area (Å²) >= 11 is 8.36. The molecule has 6 heteroatoms. The fourth-order valence-electron chi connectivity index (χ4n) is 2.10. The third-order valence-corrected chi connectivity index (χ3v) is 5.28. The van der Waals surface area contributed by atoms with E-state index in [1.165, 1.54) is 11.3 Å². The van der Waals surface area contributed by atoms with Crippen LogP contribution in [-0.2, 0) is 0 Å². The lowest BCUT2D eigenvalue weighted by molar-refractivity contribution is 0.561. The van der Waals surface area contributed by atoms with Crippen molar-refractivity contribution < 1.29 is 4.74 Å². The van der Waals surface area contributed by atoms with Crippen molar-refractivity contribution in [2.75, 3.05) is 0 Å². The van der Waals surface area contributed by atoms with E-state index in [2.05, 4.69) is 16.0 Å². The summed E-state index contributed by atoms with van der Waals surface area (Å²) in [6, 6.07) is 17.7. The Morgan fingerprint density at radius 1 is 0.957 bits per heavy atom. The molecule has 0 saturated heterocycles. The van der Waals surface area contributed by atoms with Gasteiger partial charge in [0.25, 0.3) is 5.19 Å². The van der Waals surface area contributed by atoms with E-state index in [0.29, 0.717) is 10.2 Å². The molecule has 0 radical (unpaired) electrons. The summed E-state index contributed by atoms with van der Waals surface area (Å²) in [6.07, 6.45) is 0. The van der Waals surface area contributed by atoms with Gasteiger partial charge in [-0.15, -0.1) is 11.3 Å². The Labute approximate surface area is 146 Å². The first-order valence-corrected chi connectivity index (χ1v) is 8.99. The van der Waals surface area contributed by atoms with Crippen LogP contribution in [0.1, 0.15) is 5.56 Å². The molecule has 2 aromatic carbocycles. The van der Waals surface area contributed by atoms with E-state index >= 15 is 0 Å². The van der Waals surface area contributed by atoms with Crippen LogP contribution < -0.4 is 4.74 Å². The van der Waals surface area contributed by atoms with Gasteiger partial charge in [0.2, 0.25) is 5.05 Å². The lowest BCUT2D eigenvalue weighted by Gasteiger charge is -2.02. The first-order valence-electron chi connectivity index (χ1n) is 6.88. The maximum Gasteiger partial charge on any atom is 0.280 e. The lowest BCUT2D eigenvalue weighted by atomic mass is 10.2. The minimum Gasteiger partial charge on any atom is -0.418 e. The fraction of sp³-hybridized carbons (Fsp3) is 0. The Kier molecular flexibility index (Phi) is 3.87. The van der Waals surface area contributed by atoms with Gasteiger partial charge in [-0.25, -0.2) is 4.98 Å². The molecule has 0 aliphatic rings. The Hall–Kier alpha value is -2.15. The molecule has 4 aromatic rings. The summed E-state index contributed by atoms with van der Waals surface area (Å²) in [6.45, 7) is 0. The van der Waals surface area contributed by atoms with E-state index in [1.807, 2.05) is 53.9 Å². The minimum atomic E-state index is 0.427. The predicted molar refractivity (Wildman–Crippen MR) is 99.5 cm³/mol. The average Bonchev–Trinajstić information content (AvgIpc) is 3.21. The third-order valence-electron chi connectivity index (χ3n) is 3.19. The zero-order chi connectivity index (χ0) is 15.6. The summed E-state index contributed by atoms with van der Waals surface area (Å²) in [4.78, 5) is 9.11. The molecule has 0 aliphatic heterocycles. The van der Waals surface area contributed by atoms with Gasteiger partial charge in [-0.2, -0.15) is 4.98 Å². The highest BCUT2D eigenvalue weighted by Gasteiger charge is 2.12. The van der Waals surface area contributed by atoms with Gasteiger partial charge in [-0.1, -0.05) is 53.8 Å². The molecule has 0 bridgehead atoms. The van der Waals surface area contributed by atoms with Gasteiger partial charge >= 0.3 is 0 Å². The van der Waals surface area contributed by atoms with Crippen LogP contribution in [0.3, 0.4) is 0 Å². The largest absolute Gasteiger partial charge is 0.418 e. The van der Waals surface area contributed by atoms with E-state index in [9.17, 15) is 0 Å². The van der Waals surface area contributed by atoms with E-state index in [-0.39, 0.29) is 0 Å². The highest BCUT2D eigenvalue weighted by Crippen LogP contribution is 2.32. The number of hydrogen-bond acceptors (Lipinski definition) is 6. The number of hydrogen-bond donors (Lipinski definition) is 0. The second-order valence-corrected chi connectivity index (χ2v) is 6.96. The van der Waals surface area contributed by atoms with Crippen LogP contribution in [0.25, 0.3) is 20.9 Å². The van der Waals surface area contributed by atoms with Crippen LogP contribution in [-0.4, -0.2) is 15.0 Å². The summed E-state index contributed by atoms with van der Waals surface area (Å²) in [7, 11) is 0. The van der Waals surface area contributed by atoms with E-state index < -0.39 is 0 Å². The van der Waals surface area contributed by atoms with E-state index in [1.54, 1.807) is 11.3 Å². The van der Waals surface area contributed by atoms with Crippen molar-refractivity contribution in [1.82, 2.24) is 9.97 Å². The molecule has 23 heavy (non-hydrogen) atoms. The second-order valence-electron chi connectivity index (χ2n) is 4.74. The number of thiazole rings is 2. The quantitative estimate of drug-likeness (QED) is 0.475. The van der Waals surface area contributed by atoms with E-state index in [0.717, 1.165) is 26.5 Å². The molecule has 0 aliphatic carbocycles. The number of ether oxygens (including phenoxy) is 1. The zero-order valence-electron chi connectivity index (χ0n) is 11.8. The Bertz CT molecular complexity index is 943. The van der Waals surface area contributed by atoms with Crippen molar-refractivity contribution in [2.24, 2.45) is 0 Å². The molecule has 0 spiro atoms. The van der Waals surface area contributed by atoms with Crippen molar-refractivity contribution in [2.45, 2.75) is 0 Å². The van der Waals surface area contributed by atoms with Gasteiger partial charge in [0.15, 0.2) is 0 Å². The van der Waals surface area contributed by atoms with E-state index in [4.69, 9.17) is 17.0 Å². The molecular weight excluding hydrogens is 344 g/mol. The van der Waals surface area contributed by atoms with Crippen molar-refractivity contribution in [1.29, 1.82) is 0 Å². The standard InChI is InChI=1S/C17H10N2OS3/c21-16(11-6-2-1-3-7-11)20-17-19-13(10-22-17)15-18-12-8-4-5-9-14(12)23-15/h1-10H. The van der Waals surface area contributed by atoms with Crippen LogP contribution in [0.15, 0.2) is 60.0 Å². The molecule has 2 heterocycles. The molecule has 4 rings (SSSR count). The van der Waals surface area contributed by atoms with Crippen LogP contribution in [0.2, 0.25) is 0 Å². The molecule has 0 amide bonds. The number of rotatable bonds is 3. The third kappa shape index (κ3) is 3.01. The van der Waals surface area contributed by atoms with Crippen molar-refractivity contribution in [3.8, 4) is 15.9 Å².